The van der Waals surface area contributed by atoms with Crippen molar-refractivity contribution < 1.29 is 108 Å². The Bertz CT molecular complexity index is 5060. The SMILES string of the molecule is CC[C@H]1O[C@@H](n2cc(C)c(=O)[nH]c2=O)C[C@H]1OP(O)(=S)OC[C@H]1O[C@@H](n2cc(C)c(N)nc2=O)C[C@H]1OP(=O)(S)OC[C@]12O[C@@H](n3cc(C)c(=O)[nH]c3=O)C(O[C@H]1C)[C@H]2OP(=O)(O)OC[C@]12O[C@@H](n3cc(C)c(=O)[nH]c3=O)C(O[C@H]1C)[C@H]2OP(O)(=S)OC[C@H]1O[C@@H](n2cc(C)c(=O)[nH]c2=O)C(OCCOC)[C@H]1O. The Morgan fingerprint density at radius 2 is 1.01 bits per heavy atom. The molecular formula is C58H79N11O32P4S3. The number of aryl methyl sites for hydroxylation is 5. The van der Waals surface area contributed by atoms with Crippen LogP contribution >= 0.6 is 40.3 Å². The molecule has 0 radical (unpaired) electrons. The Balaban J connectivity index is 0.795. The molecule has 50 heteroatoms. The number of aromatic nitrogens is 10. The molecule has 5 aromatic heterocycles. The molecular weight excluding hydrogens is 1580 g/mol. The predicted octanol–water partition coefficient (Wildman–Crippen LogP) is -0.868. The molecule has 0 aliphatic carbocycles. The summed E-state index contributed by atoms with van der Waals surface area (Å²) in [5.41, 5.74) is -5.42. The zero-order valence-electron chi connectivity index (χ0n) is 58.7. The number of rotatable bonds is 30. The van der Waals surface area contributed by atoms with Crippen LogP contribution in [0.25, 0.3) is 0 Å². The van der Waals surface area contributed by atoms with E-state index >= 15 is 0 Å². The third-order valence-electron chi connectivity index (χ3n) is 19.5. The largest absolute Gasteiger partial charge is 0.472 e. The summed E-state index contributed by atoms with van der Waals surface area (Å²) in [7, 11) is -4.35. The molecule has 7 saturated heterocycles. The fourth-order valence-corrected chi connectivity index (χ4v) is 19.2. The fraction of sp³-hybridized carbons (Fsp3) is 0.655. The molecule has 7 fully saturated rings. The summed E-state index contributed by atoms with van der Waals surface area (Å²) in [6.07, 6.45) is -19.3. The summed E-state index contributed by atoms with van der Waals surface area (Å²) in [6.45, 7) is -5.94. The van der Waals surface area contributed by atoms with Gasteiger partial charge in [-0.2, -0.15) is 4.98 Å². The topological polar surface area (TPSA) is 552 Å². The van der Waals surface area contributed by atoms with Crippen LogP contribution in [-0.2, 0) is 112 Å². The number of nitrogens with two attached hydrogens (primary N) is 1. The first kappa shape index (κ1) is 82.1. The lowest BCUT2D eigenvalue weighted by atomic mass is 9.94. The number of ether oxygens (including phenoxy) is 9. The van der Waals surface area contributed by atoms with E-state index in [0.717, 1.165) is 30.7 Å². The average molecular weight is 1660 g/mol. The molecule has 4 bridgehead atoms. The summed E-state index contributed by atoms with van der Waals surface area (Å²) in [6, 6.07) is 0. The maximum Gasteiger partial charge on any atom is 0.472 e. The number of methoxy groups -OCH3 is 1. The van der Waals surface area contributed by atoms with Crippen LogP contribution in [0.5, 0.6) is 0 Å². The van der Waals surface area contributed by atoms with Crippen LogP contribution < -0.4 is 56.4 Å². The zero-order valence-corrected chi connectivity index (χ0v) is 64.8. The Morgan fingerprint density at radius 3 is 1.53 bits per heavy atom. The molecule has 0 spiro atoms. The van der Waals surface area contributed by atoms with E-state index in [4.69, 9.17) is 108 Å². The van der Waals surface area contributed by atoms with E-state index in [2.05, 4.69) is 37.2 Å². The summed E-state index contributed by atoms with van der Waals surface area (Å²) >= 11 is 15.4. The van der Waals surface area contributed by atoms with E-state index < -0.39 is 227 Å². The van der Waals surface area contributed by atoms with Crippen LogP contribution in [0.4, 0.5) is 5.82 Å². The quantitative estimate of drug-likeness (QED) is 0.0152. The van der Waals surface area contributed by atoms with Crippen LogP contribution in [-0.4, -0.2) is 205 Å². The van der Waals surface area contributed by atoms with Crippen molar-refractivity contribution in [3.63, 3.8) is 0 Å². The molecule has 12 heterocycles. The maximum atomic E-state index is 15.0. The summed E-state index contributed by atoms with van der Waals surface area (Å²) < 4.78 is 138. The number of anilines is 1. The highest BCUT2D eigenvalue weighted by Gasteiger charge is 2.71. The Hall–Kier alpha value is -5.33. The number of phosphoric ester groups is 1. The number of nitrogen functional groups attached to an aromatic ring is 1. The molecule has 596 valence electrons. The first-order valence-corrected chi connectivity index (χ1v) is 42.7. The van der Waals surface area contributed by atoms with E-state index in [9.17, 15) is 72.1 Å². The van der Waals surface area contributed by atoms with Crippen LogP contribution in [0.1, 0.15) is 99.0 Å². The van der Waals surface area contributed by atoms with Crippen molar-refractivity contribution in [2.75, 3.05) is 52.5 Å². The van der Waals surface area contributed by atoms with Gasteiger partial charge >= 0.3 is 56.5 Å². The Labute approximate surface area is 623 Å². The monoisotopic (exact) mass is 1660 g/mol. The summed E-state index contributed by atoms with van der Waals surface area (Å²) in [5.74, 6) is -0.0977. The molecule has 43 nitrogen and oxygen atoms in total. The average Bonchev–Trinajstić information content (AvgIpc) is 1.55. The molecule has 7 aliphatic rings. The van der Waals surface area contributed by atoms with E-state index in [0.29, 0.717) is 12.0 Å². The molecule has 7 unspecified atom stereocenters. The highest BCUT2D eigenvalue weighted by Crippen LogP contribution is 2.63. The van der Waals surface area contributed by atoms with Gasteiger partial charge in [0.15, 0.2) is 18.7 Å². The smallest absolute Gasteiger partial charge is 0.387 e. The molecule has 5 aromatic rings. The van der Waals surface area contributed by atoms with E-state index in [1.807, 2.05) is 0 Å². The number of nitrogens with zero attached hydrogens (tertiary/aromatic N) is 6. The van der Waals surface area contributed by atoms with E-state index in [-0.39, 0.29) is 54.1 Å². The number of fused-ring (bicyclic) bond motifs is 4. The minimum atomic E-state index is -5.74. The number of thiol groups is 1. The van der Waals surface area contributed by atoms with Gasteiger partial charge in [-0.25, -0.2) is 33.1 Å². The lowest BCUT2D eigenvalue weighted by Gasteiger charge is -2.37. The molecule has 0 saturated carbocycles. The predicted molar refractivity (Wildman–Crippen MR) is 378 cm³/mol. The van der Waals surface area contributed by atoms with Gasteiger partial charge in [-0.15, -0.1) is 0 Å². The fourth-order valence-electron chi connectivity index (χ4n) is 13.8. The van der Waals surface area contributed by atoms with Gasteiger partial charge in [-0.3, -0.25) is 84.6 Å². The van der Waals surface area contributed by atoms with Crippen molar-refractivity contribution in [3.05, 3.63) is 153 Å². The van der Waals surface area contributed by atoms with Crippen molar-refractivity contribution in [2.45, 2.75) is 196 Å². The van der Waals surface area contributed by atoms with Crippen LogP contribution in [0.3, 0.4) is 0 Å². The Morgan fingerprint density at radius 1 is 0.574 bits per heavy atom. The first-order chi connectivity index (χ1) is 50.7. The van der Waals surface area contributed by atoms with E-state index in [1.165, 1.54) is 71.8 Å². The van der Waals surface area contributed by atoms with Crippen LogP contribution in [0, 0.1) is 34.6 Å². The molecule has 12 rings (SSSR count). The molecule has 108 heavy (non-hydrogen) atoms. The Kier molecular flexibility index (Phi) is 24.0. The van der Waals surface area contributed by atoms with Crippen molar-refractivity contribution in [1.29, 1.82) is 0 Å². The number of nitrogens with one attached hydrogen (secondary N) is 4. The molecule has 24 atom stereocenters. The number of aromatic amines is 4. The summed E-state index contributed by atoms with van der Waals surface area (Å²) in [5, 5.41) is 11.6. The van der Waals surface area contributed by atoms with Gasteiger partial charge < -0.3 is 81.7 Å². The normalized spacial score (nSPS) is 33.7. The highest BCUT2D eigenvalue weighted by atomic mass is 32.7. The lowest BCUT2D eigenvalue weighted by Crippen LogP contribution is -2.52. The number of hydrogen-bond donors (Lipinski definition) is 10. The van der Waals surface area contributed by atoms with Crippen molar-refractivity contribution >= 4 is 69.7 Å². The van der Waals surface area contributed by atoms with Gasteiger partial charge in [0.05, 0.1) is 64.1 Å². The third-order valence-corrected chi connectivity index (χ3v) is 25.2. The lowest BCUT2D eigenvalue weighted by molar-refractivity contribution is -0.218. The molecule has 0 amide bonds. The second kappa shape index (κ2) is 31.6. The van der Waals surface area contributed by atoms with Crippen molar-refractivity contribution in [1.82, 2.24) is 47.8 Å². The van der Waals surface area contributed by atoms with Gasteiger partial charge in [0, 0.05) is 78.8 Å². The van der Waals surface area contributed by atoms with Crippen molar-refractivity contribution in [2.24, 2.45) is 0 Å². The number of aliphatic hydroxyl groups excluding tert-OH is 1. The molecule has 0 aromatic carbocycles. The van der Waals surface area contributed by atoms with Gasteiger partial charge in [0.2, 0.25) is 0 Å². The number of hydrogen-bond acceptors (Lipinski definition) is 33. The third kappa shape index (κ3) is 16.6. The maximum absolute atomic E-state index is 15.0. The van der Waals surface area contributed by atoms with E-state index in [1.54, 1.807) is 13.8 Å². The van der Waals surface area contributed by atoms with Gasteiger partial charge in [-0.05, 0) is 78.5 Å². The summed E-state index contributed by atoms with van der Waals surface area (Å²) in [4.78, 5) is 165. The first-order valence-electron chi connectivity index (χ1n) is 33.4. The van der Waals surface area contributed by atoms with Gasteiger partial charge in [0.25, 0.3) is 22.2 Å². The standard InChI is InChI=1S/C58H79N11O32P4S3/c1-10-31-32(13-36(93-31)66-16-25(3)45(71)61-53(66)76)98-103(82,106)87-20-34-33(14-37(94-34)65-15-24(2)44(59)60-52(65)75)99-105(84,108)90-23-58-30(8)91-40(50(97-58)68-18-27(5)47(73)63-55(68)78)42(58)100-102(80,81)89-22-57-29(7)92-41(51(96-57)69-19-28(6)48(74)64-56(69)79)43(57)101-104(83,107)88-21-35-38(70)39(86-12-11-85-9)49(95-35)67-17-26(4)46(72)62-54(67)77/h15-19,29-43,49-51,70H,10-14,20-23H2,1-9H3,(H,80,81)(H,82,106)(H,83,107)(H,84,108)(H2,59,60,75)(H,61,71,76)(H,62,72,77)(H,63,73,78)(H,64,74,79)/t29-,30-,31+,32+,33+,34+,35+,36+,37+,38-,39?,40?,41?,42+,43+,49+,50+,51+,57-,58-,103?,104?,105?/m0/s1. The zero-order chi connectivity index (χ0) is 78.4. The van der Waals surface area contributed by atoms with Gasteiger partial charge in [-0.1, -0.05) is 19.2 Å². The van der Waals surface area contributed by atoms with Gasteiger partial charge in [0.1, 0.15) is 84.4 Å². The number of aliphatic hydroxyl groups is 1. The van der Waals surface area contributed by atoms with Crippen molar-refractivity contribution in [3.8, 4) is 0 Å². The number of phosphoric acid groups is 1. The minimum Gasteiger partial charge on any atom is -0.387 e. The second-order valence-corrected chi connectivity index (χ2v) is 36.6. The number of H-pyrrole nitrogens is 4. The molecule has 7 aliphatic heterocycles. The minimum absolute atomic E-state index is 0.00267. The van der Waals surface area contributed by atoms with Crippen LogP contribution in [0.2, 0.25) is 0 Å². The second-order valence-electron chi connectivity index (χ2n) is 26.7. The molecule has 10 N–H and O–H groups in total. The van der Waals surface area contributed by atoms with Crippen LogP contribution in [0.15, 0.2) is 74.1 Å². The highest BCUT2D eigenvalue weighted by molar-refractivity contribution is 8.44.